The van der Waals surface area contributed by atoms with Crippen molar-refractivity contribution in [1.29, 1.82) is 5.26 Å². The van der Waals surface area contributed by atoms with E-state index in [4.69, 9.17) is 18.9 Å². The highest BCUT2D eigenvalue weighted by Crippen LogP contribution is 2.50. The second kappa shape index (κ2) is 15.4. The van der Waals surface area contributed by atoms with Gasteiger partial charge < -0.3 is 34.1 Å². The first-order valence-electron chi connectivity index (χ1n) is 18.2. The third kappa shape index (κ3) is 6.70. The molecule has 2 aromatic carbocycles. The summed E-state index contributed by atoms with van der Waals surface area (Å²) in [7, 11) is -1.95. The van der Waals surface area contributed by atoms with Crippen LogP contribution >= 0.6 is 0 Å². The Labute approximate surface area is 315 Å². The number of aromatic nitrogens is 1. The van der Waals surface area contributed by atoms with E-state index < -0.39 is 27.5 Å². The molecule has 3 aromatic rings. The van der Waals surface area contributed by atoms with E-state index in [9.17, 15) is 18.5 Å². The number of piperidine rings is 1. The summed E-state index contributed by atoms with van der Waals surface area (Å²) in [6.07, 6.45) is 3.60. The molecule has 3 saturated heterocycles. The van der Waals surface area contributed by atoms with Crippen LogP contribution < -0.4 is 23.8 Å². The van der Waals surface area contributed by atoms with Gasteiger partial charge in [-0.25, -0.2) is 18.2 Å². The molecule has 15 nitrogen and oxygen atoms in total. The molecular formula is C38H45N7O8S. The molecule has 1 aromatic heterocycles. The molecule has 5 heterocycles. The van der Waals surface area contributed by atoms with Crippen LogP contribution in [-0.4, -0.2) is 126 Å². The molecule has 54 heavy (non-hydrogen) atoms. The Morgan fingerprint density at radius 2 is 1.78 bits per heavy atom. The molecule has 0 radical (unpaired) electrons. The van der Waals surface area contributed by atoms with E-state index in [-0.39, 0.29) is 45.5 Å². The number of nitriles is 1. The predicted molar refractivity (Wildman–Crippen MR) is 197 cm³/mol. The quantitative estimate of drug-likeness (QED) is 0.304. The fraction of sp³-hybridized carbons (Fsp3) is 0.474. The zero-order chi connectivity index (χ0) is 38.0. The van der Waals surface area contributed by atoms with Gasteiger partial charge in [0.2, 0.25) is 5.88 Å². The van der Waals surface area contributed by atoms with Crippen LogP contribution in [0.3, 0.4) is 0 Å². The lowest BCUT2D eigenvalue weighted by atomic mass is 9.83. The number of carbonyl (C=O) groups excluding carboxylic acids is 2. The van der Waals surface area contributed by atoms with Crippen LogP contribution in [0.1, 0.15) is 36.5 Å². The number of amides is 3. The molecule has 4 aliphatic heterocycles. The number of nitrogens with zero attached hydrogens (tertiary/aromatic N) is 6. The van der Waals surface area contributed by atoms with Crippen molar-refractivity contribution in [2.75, 3.05) is 84.2 Å². The van der Waals surface area contributed by atoms with E-state index in [2.05, 4.69) is 26.2 Å². The molecule has 0 spiro atoms. The molecule has 16 heteroatoms. The van der Waals surface area contributed by atoms with E-state index in [0.29, 0.717) is 48.2 Å². The summed E-state index contributed by atoms with van der Waals surface area (Å²) in [6.45, 7) is 8.87. The number of likely N-dealkylation sites (tertiary alicyclic amines) is 1. The summed E-state index contributed by atoms with van der Waals surface area (Å²) in [5.74, 6) is -0.0329. The number of sulfonamides is 1. The van der Waals surface area contributed by atoms with Crippen LogP contribution in [0.4, 0.5) is 10.5 Å². The fourth-order valence-corrected chi connectivity index (χ4v) is 9.52. The summed E-state index contributed by atoms with van der Waals surface area (Å²) in [5, 5.41) is 13.0. The summed E-state index contributed by atoms with van der Waals surface area (Å²) in [4.78, 5) is 40.4. The number of urea groups is 1. The van der Waals surface area contributed by atoms with Gasteiger partial charge in [-0.3, -0.25) is 9.69 Å². The molecule has 286 valence electrons. The fourth-order valence-electron chi connectivity index (χ4n) is 7.91. The van der Waals surface area contributed by atoms with Crippen molar-refractivity contribution < 1.29 is 37.0 Å². The normalized spacial score (nSPS) is 21.3. The maximum absolute atomic E-state index is 15.2. The second-order valence-corrected chi connectivity index (χ2v) is 15.6. The first kappa shape index (κ1) is 37.4. The molecular weight excluding hydrogens is 715 g/mol. The number of benzene rings is 2. The lowest BCUT2D eigenvalue weighted by Crippen LogP contribution is -2.61. The topological polar surface area (TPSA) is 167 Å². The van der Waals surface area contributed by atoms with E-state index in [1.807, 2.05) is 0 Å². The van der Waals surface area contributed by atoms with Crippen LogP contribution in [-0.2, 0) is 25.1 Å². The van der Waals surface area contributed by atoms with Gasteiger partial charge in [-0.05, 0) is 75.3 Å². The number of nitrogens with one attached hydrogen (secondary N) is 1. The smallest absolute Gasteiger partial charge is 0.318 e. The Hall–Kier alpha value is -4.95. The Balaban J connectivity index is 1.22. The van der Waals surface area contributed by atoms with Gasteiger partial charge in [-0.1, -0.05) is 0 Å². The summed E-state index contributed by atoms with van der Waals surface area (Å²) in [6, 6.07) is 13.5. The van der Waals surface area contributed by atoms with Crippen LogP contribution in [0.15, 0.2) is 59.6 Å². The second-order valence-electron chi connectivity index (χ2n) is 13.9. The maximum Gasteiger partial charge on any atom is 0.318 e. The highest BCUT2D eigenvalue weighted by molar-refractivity contribution is 7.93. The largest absolute Gasteiger partial charge is 0.497 e. The average Bonchev–Trinajstić information content (AvgIpc) is 3.43. The number of hydrogen-bond acceptors (Lipinski definition) is 12. The molecule has 7 rings (SSSR count). The minimum absolute atomic E-state index is 0.0317. The monoisotopic (exact) mass is 759 g/mol. The van der Waals surface area contributed by atoms with Crippen molar-refractivity contribution in [2.24, 2.45) is 5.92 Å². The molecule has 1 N–H and O–H groups in total. The minimum atomic E-state index is -4.70. The van der Waals surface area contributed by atoms with E-state index in [1.165, 1.54) is 56.8 Å². The van der Waals surface area contributed by atoms with Crippen molar-refractivity contribution >= 4 is 27.6 Å². The maximum atomic E-state index is 15.2. The number of piperazine rings is 1. The Morgan fingerprint density at radius 3 is 2.43 bits per heavy atom. The zero-order valence-corrected chi connectivity index (χ0v) is 31.5. The first-order chi connectivity index (χ1) is 26.1. The first-order valence-corrected chi connectivity index (χ1v) is 19.6. The predicted octanol–water partition coefficient (Wildman–Crippen LogP) is 2.79. The molecule has 0 aliphatic carbocycles. The van der Waals surface area contributed by atoms with Gasteiger partial charge >= 0.3 is 6.03 Å². The Morgan fingerprint density at radius 1 is 1.02 bits per heavy atom. The van der Waals surface area contributed by atoms with Crippen molar-refractivity contribution in [3.05, 3.63) is 71.4 Å². The van der Waals surface area contributed by atoms with Gasteiger partial charge in [-0.15, -0.1) is 0 Å². The van der Waals surface area contributed by atoms with Crippen molar-refractivity contribution in [2.45, 2.75) is 36.2 Å². The molecule has 1 atom stereocenters. The molecule has 0 saturated carbocycles. The summed E-state index contributed by atoms with van der Waals surface area (Å²) >= 11 is 0. The molecule has 3 amide bonds. The number of carbonyl (C=O) groups is 2. The van der Waals surface area contributed by atoms with Gasteiger partial charge in [0.1, 0.15) is 16.4 Å². The number of pyridine rings is 1. The van der Waals surface area contributed by atoms with E-state index in [0.717, 1.165) is 45.7 Å². The van der Waals surface area contributed by atoms with Crippen LogP contribution in [0, 0.1) is 17.2 Å². The van der Waals surface area contributed by atoms with Crippen LogP contribution in [0.25, 0.3) is 0 Å². The van der Waals surface area contributed by atoms with Gasteiger partial charge in [0.25, 0.3) is 15.9 Å². The highest BCUT2D eigenvalue weighted by Gasteiger charge is 2.59. The minimum Gasteiger partial charge on any atom is -0.497 e. The SMILES string of the molecule is CCOc1ncccc1C1(NC(=O)N2CCN(C3CCN(CC4COC4)CC3)CC2)C(=O)N(S(=O)(=O)c2ccc(OC)cc2OC)c2ccc(C#N)cc21. The molecule has 0 bridgehead atoms. The third-order valence-electron chi connectivity index (χ3n) is 10.8. The number of anilines is 1. The number of ether oxygens (including phenoxy) is 4. The van der Waals surface area contributed by atoms with Crippen molar-refractivity contribution in [3.8, 4) is 23.4 Å². The lowest BCUT2D eigenvalue weighted by Gasteiger charge is -2.44. The number of rotatable bonds is 11. The number of fused-ring (bicyclic) bond motifs is 1. The standard InChI is InChI=1S/C38H45N7O8S/c1-4-53-35-30(6-5-13-40-35)38(41-37(47)44-18-16-43(17-19-44)28-11-14-42(15-12-28)23-27-24-52-25-27)31-20-26(22-39)7-9-32(31)45(36(38)46)54(48,49)34-10-8-29(50-2)21-33(34)51-3/h5-10,13,20-21,27-28H,4,11-12,14-19,23-25H2,1-3H3,(H,41,47). The zero-order valence-electron chi connectivity index (χ0n) is 30.7. The van der Waals surface area contributed by atoms with Crippen molar-refractivity contribution in [3.63, 3.8) is 0 Å². The van der Waals surface area contributed by atoms with Gasteiger partial charge in [0.05, 0.1) is 56.9 Å². The molecule has 3 fully saturated rings. The van der Waals surface area contributed by atoms with Gasteiger partial charge in [0.15, 0.2) is 5.54 Å². The third-order valence-corrected chi connectivity index (χ3v) is 12.5. The molecule has 4 aliphatic rings. The van der Waals surface area contributed by atoms with Crippen molar-refractivity contribution in [1.82, 2.24) is 25.0 Å². The van der Waals surface area contributed by atoms with Gasteiger partial charge in [-0.2, -0.15) is 9.57 Å². The van der Waals surface area contributed by atoms with E-state index >= 15 is 4.79 Å². The number of methoxy groups -OCH3 is 2. The Kier molecular flexibility index (Phi) is 10.7. The summed E-state index contributed by atoms with van der Waals surface area (Å²) < 4.78 is 52.0. The van der Waals surface area contributed by atoms with Gasteiger partial charge in [0, 0.05) is 62.5 Å². The molecule has 1 unspecified atom stereocenters. The van der Waals surface area contributed by atoms with E-state index in [1.54, 1.807) is 24.0 Å². The average molecular weight is 760 g/mol. The highest BCUT2D eigenvalue weighted by atomic mass is 32.2. The summed E-state index contributed by atoms with van der Waals surface area (Å²) in [5.41, 5.74) is -1.82. The number of hydrogen-bond donors (Lipinski definition) is 1. The van der Waals surface area contributed by atoms with Crippen LogP contribution in [0.2, 0.25) is 0 Å². The lowest BCUT2D eigenvalue weighted by molar-refractivity contribution is -0.121. The van der Waals surface area contributed by atoms with Crippen LogP contribution in [0.5, 0.6) is 17.4 Å². The Bertz CT molecular complexity index is 2040.